The van der Waals surface area contributed by atoms with E-state index in [9.17, 15) is 0 Å². The lowest BCUT2D eigenvalue weighted by atomic mass is 9.76. The van der Waals surface area contributed by atoms with E-state index in [0.29, 0.717) is 30.0 Å². The van der Waals surface area contributed by atoms with E-state index in [1.807, 2.05) is 38.4 Å². The minimum absolute atomic E-state index is 0.139. The highest BCUT2D eigenvalue weighted by molar-refractivity contribution is 6.30. The summed E-state index contributed by atoms with van der Waals surface area (Å²) in [6.07, 6.45) is 3.82. The summed E-state index contributed by atoms with van der Waals surface area (Å²) in [6, 6.07) is 5.63. The molecule has 0 bridgehead atoms. The molecule has 5 rings (SSSR count). The molecule has 2 aliphatic rings. The fourth-order valence-corrected chi connectivity index (χ4v) is 5.43. The first kappa shape index (κ1) is 26.4. The lowest BCUT2D eigenvalue weighted by Crippen LogP contribution is -2.51. The van der Waals surface area contributed by atoms with Gasteiger partial charge in [-0.3, -0.25) is 5.10 Å². The van der Waals surface area contributed by atoms with Gasteiger partial charge in [0.2, 0.25) is 0 Å². The Morgan fingerprint density at radius 3 is 2.56 bits per heavy atom. The molecule has 0 radical (unpaired) electrons. The highest BCUT2D eigenvalue weighted by atomic mass is 35.5. The number of pyridine rings is 1. The standard InChI is InChI=1S/C26H32ClFN6.C2H6/c1-14(2)15(3)18-11-31-33-25(18)34-13-26(5,19-7-6-8-20(27)23(19)28)22-16(4)24(30-12-21(22)34)32-17-9-29-10-17;1-2/h6-8,11-12,14-15,17,29H,9-10,13H2,1-5H3,(H,30,32)(H,31,33);1-2H3/t15?,26-;/m1./s1. The molecule has 2 aromatic heterocycles. The summed E-state index contributed by atoms with van der Waals surface area (Å²) >= 11 is 6.25. The van der Waals surface area contributed by atoms with E-state index in [1.165, 1.54) is 0 Å². The summed E-state index contributed by atoms with van der Waals surface area (Å²) in [6.45, 7) is 17.2. The van der Waals surface area contributed by atoms with Crippen LogP contribution in [0.15, 0.2) is 30.6 Å². The maximum atomic E-state index is 15.5. The van der Waals surface area contributed by atoms with Crippen LogP contribution in [0.1, 0.15) is 69.7 Å². The zero-order valence-corrected chi connectivity index (χ0v) is 23.1. The first-order valence-electron chi connectivity index (χ1n) is 12.9. The average molecular weight is 513 g/mol. The maximum Gasteiger partial charge on any atom is 0.145 e. The van der Waals surface area contributed by atoms with Crippen LogP contribution in [0.2, 0.25) is 5.02 Å². The van der Waals surface area contributed by atoms with E-state index in [1.54, 1.807) is 6.07 Å². The quantitative estimate of drug-likeness (QED) is 0.350. The van der Waals surface area contributed by atoms with Gasteiger partial charge < -0.3 is 15.5 Å². The molecule has 0 amide bonds. The van der Waals surface area contributed by atoms with Crippen LogP contribution in [0.25, 0.3) is 0 Å². The molecule has 194 valence electrons. The van der Waals surface area contributed by atoms with Crippen LogP contribution >= 0.6 is 11.6 Å². The van der Waals surface area contributed by atoms with E-state index in [0.717, 1.165) is 47.1 Å². The van der Waals surface area contributed by atoms with Crippen molar-refractivity contribution in [2.45, 2.75) is 65.8 Å². The van der Waals surface area contributed by atoms with Gasteiger partial charge in [0.25, 0.3) is 0 Å². The van der Waals surface area contributed by atoms with Gasteiger partial charge in [-0.25, -0.2) is 9.37 Å². The predicted molar refractivity (Wildman–Crippen MR) is 147 cm³/mol. The normalized spacial score (nSPS) is 20.0. The van der Waals surface area contributed by atoms with Crippen molar-refractivity contribution < 1.29 is 4.39 Å². The number of H-pyrrole nitrogens is 1. The lowest BCUT2D eigenvalue weighted by molar-refractivity contribution is 0.470. The van der Waals surface area contributed by atoms with Crippen molar-refractivity contribution in [3.63, 3.8) is 0 Å². The van der Waals surface area contributed by atoms with Crippen LogP contribution in [0.4, 0.5) is 21.7 Å². The Balaban J connectivity index is 0.00000148. The molecule has 36 heavy (non-hydrogen) atoms. The van der Waals surface area contributed by atoms with Gasteiger partial charge in [0.15, 0.2) is 0 Å². The van der Waals surface area contributed by atoms with Gasteiger partial charge in [0.1, 0.15) is 17.5 Å². The topological polar surface area (TPSA) is 68.9 Å². The van der Waals surface area contributed by atoms with Gasteiger partial charge in [0.05, 0.1) is 29.1 Å². The number of aromatic amines is 1. The molecule has 2 aliphatic heterocycles. The first-order valence-corrected chi connectivity index (χ1v) is 13.3. The number of fused-ring (bicyclic) bond motifs is 1. The molecule has 3 aromatic rings. The van der Waals surface area contributed by atoms with Crippen LogP contribution in [0.5, 0.6) is 0 Å². The maximum absolute atomic E-state index is 15.5. The summed E-state index contributed by atoms with van der Waals surface area (Å²) in [5.74, 6) is 2.19. The van der Waals surface area contributed by atoms with Gasteiger partial charge in [-0.05, 0) is 42.9 Å². The first-order chi connectivity index (χ1) is 17.2. The number of rotatable bonds is 6. The Morgan fingerprint density at radius 1 is 1.19 bits per heavy atom. The molecule has 0 aliphatic carbocycles. The third-order valence-corrected chi connectivity index (χ3v) is 7.99. The molecule has 3 N–H and O–H groups in total. The second-order valence-corrected chi connectivity index (χ2v) is 10.6. The van der Waals surface area contributed by atoms with E-state index < -0.39 is 5.41 Å². The van der Waals surface area contributed by atoms with Crippen molar-refractivity contribution in [1.29, 1.82) is 0 Å². The van der Waals surface area contributed by atoms with Gasteiger partial charge >= 0.3 is 0 Å². The van der Waals surface area contributed by atoms with Crippen molar-refractivity contribution in [3.8, 4) is 0 Å². The van der Waals surface area contributed by atoms with E-state index in [2.05, 4.69) is 60.3 Å². The molecule has 1 fully saturated rings. The highest BCUT2D eigenvalue weighted by Gasteiger charge is 2.46. The number of anilines is 3. The third-order valence-electron chi connectivity index (χ3n) is 7.70. The van der Waals surface area contributed by atoms with Crippen LogP contribution in [0.3, 0.4) is 0 Å². The average Bonchev–Trinajstić information content (AvgIpc) is 3.43. The zero-order chi connectivity index (χ0) is 26.2. The summed E-state index contributed by atoms with van der Waals surface area (Å²) < 4.78 is 15.5. The van der Waals surface area contributed by atoms with Crippen LogP contribution < -0.4 is 15.5 Å². The fourth-order valence-electron chi connectivity index (χ4n) is 5.26. The number of nitrogens with zero attached hydrogens (tertiary/aromatic N) is 3. The Kier molecular flexibility index (Phi) is 7.62. The van der Waals surface area contributed by atoms with Gasteiger partial charge in [0, 0.05) is 36.2 Å². The van der Waals surface area contributed by atoms with Gasteiger partial charge in [-0.2, -0.15) is 5.10 Å². The van der Waals surface area contributed by atoms with E-state index >= 15 is 4.39 Å². The van der Waals surface area contributed by atoms with E-state index in [4.69, 9.17) is 16.6 Å². The molecule has 4 heterocycles. The second-order valence-electron chi connectivity index (χ2n) is 10.2. The summed E-state index contributed by atoms with van der Waals surface area (Å²) in [4.78, 5) is 7.02. The molecule has 1 saturated heterocycles. The van der Waals surface area contributed by atoms with Crippen molar-refractivity contribution in [2.24, 2.45) is 5.92 Å². The Morgan fingerprint density at radius 2 is 1.92 bits per heavy atom. The molecule has 2 atom stereocenters. The molecule has 0 spiro atoms. The zero-order valence-electron chi connectivity index (χ0n) is 22.3. The molecule has 8 heteroatoms. The van der Waals surface area contributed by atoms with Crippen LogP contribution in [0, 0.1) is 18.7 Å². The Labute approximate surface area is 219 Å². The Bertz CT molecular complexity index is 1220. The number of aromatic nitrogens is 3. The smallest absolute Gasteiger partial charge is 0.145 e. The molecule has 1 aromatic carbocycles. The highest BCUT2D eigenvalue weighted by Crippen LogP contribution is 2.52. The van der Waals surface area contributed by atoms with Gasteiger partial charge in [-0.15, -0.1) is 0 Å². The van der Waals surface area contributed by atoms with Crippen molar-refractivity contribution >= 4 is 28.9 Å². The molecule has 6 nitrogen and oxygen atoms in total. The molecule has 0 saturated carbocycles. The second kappa shape index (κ2) is 10.4. The SMILES string of the molecule is CC.Cc1c(NC2CNC2)ncc2c1[C@@](C)(c1cccc(Cl)c1F)CN2c1[nH]ncc1C(C)C(C)C. The fraction of sp³-hybridized carbons (Fsp3) is 0.500. The number of benzene rings is 1. The third kappa shape index (κ3) is 4.37. The summed E-state index contributed by atoms with van der Waals surface area (Å²) in [5.41, 5.74) is 4.18. The van der Waals surface area contributed by atoms with Crippen molar-refractivity contribution in [3.05, 3.63) is 63.7 Å². The number of nitrogens with one attached hydrogen (secondary N) is 3. The molecule has 1 unspecified atom stereocenters. The molecular weight excluding hydrogens is 475 g/mol. The minimum atomic E-state index is -0.630. The van der Waals surface area contributed by atoms with E-state index in [-0.39, 0.29) is 10.8 Å². The lowest BCUT2D eigenvalue weighted by Gasteiger charge is -2.31. The molecular formula is C28H38ClFN6. The predicted octanol–water partition coefficient (Wildman–Crippen LogP) is 6.53. The summed E-state index contributed by atoms with van der Waals surface area (Å²) in [7, 11) is 0. The number of hydrogen-bond donors (Lipinski definition) is 3. The van der Waals surface area contributed by atoms with Crippen LogP contribution in [-0.2, 0) is 5.41 Å². The monoisotopic (exact) mass is 512 g/mol. The van der Waals surface area contributed by atoms with Gasteiger partial charge in [-0.1, -0.05) is 58.4 Å². The van der Waals surface area contributed by atoms with Crippen molar-refractivity contribution in [2.75, 3.05) is 29.9 Å². The minimum Gasteiger partial charge on any atom is -0.365 e. The number of hydrogen-bond acceptors (Lipinski definition) is 5. The number of halogens is 2. The van der Waals surface area contributed by atoms with Crippen molar-refractivity contribution in [1.82, 2.24) is 20.5 Å². The van der Waals surface area contributed by atoms with Crippen LogP contribution in [-0.4, -0.2) is 40.9 Å². The summed E-state index contributed by atoms with van der Waals surface area (Å²) in [5, 5.41) is 14.6. The Hall–Kier alpha value is -2.64. The largest absolute Gasteiger partial charge is 0.365 e.